The number of hydrogen-bond acceptors (Lipinski definition) is 3. The van der Waals surface area contributed by atoms with Crippen LogP contribution in [0.15, 0.2) is 0 Å². The molecule has 21 heavy (non-hydrogen) atoms. The van der Waals surface area contributed by atoms with Crippen LogP contribution in [-0.4, -0.2) is 36.7 Å². The molecule has 1 amide bonds. The summed E-state index contributed by atoms with van der Waals surface area (Å²) in [5, 5.41) is 5.75. The third kappa shape index (κ3) is 7.07. The largest absolute Gasteiger partial charge is 0.444 e. The van der Waals surface area contributed by atoms with Crippen LogP contribution in [0.25, 0.3) is 0 Å². The Labute approximate surface area is 126 Å². The molecule has 0 spiro atoms. The van der Waals surface area contributed by atoms with Gasteiger partial charge in [0.05, 0.1) is 6.04 Å². The van der Waals surface area contributed by atoms with E-state index in [0.717, 1.165) is 25.7 Å². The van der Waals surface area contributed by atoms with Gasteiger partial charge in [-0.05, 0) is 46.5 Å². The van der Waals surface area contributed by atoms with Crippen LogP contribution in [0, 0.1) is 5.92 Å². The van der Waals surface area contributed by atoms with Crippen molar-refractivity contribution in [3.63, 3.8) is 0 Å². The van der Waals surface area contributed by atoms with Gasteiger partial charge in [-0.2, -0.15) is 0 Å². The second-order valence-corrected chi connectivity index (χ2v) is 6.82. The highest BCUT2D eigenvalue weighted by Crippen LogP contribution is 2.25. The van der Waals surface area contributed by atoms with E-state index >= 15 is 0 Å². The highest BCUT2D eigenvalue weighted by atomic mass is 19.3. The summed E-state index contributed by atoms with van der Waals surface area (Å²) in [5.41, 5.74) is -0.529. The molecule has 0 aromatic rings. The first kappa shape index (κ1) is 18.1. The molecule has 0 saturated heterocycles. The number of carbonyl (C=O) groups excluding carboxylic acids is 1. The topological polar surface area (TPSA) is 50.4 Å². The van der Waals surface area contributed by atoms with Crippen molar-refractivity contribution in [2.45, 2.75) is 77.5 Å². The molecular weight excluding hydrogens is 278 g/mol. The van der Waals surface area contributed by atoms with E-state index in [2.05, 4.69) is 10.6 Å². The molecule has 6 heteroatoms. The second kappa shape index (κ2) is 7.92. The number of alkyl carbamates (subject to hydrolysis) is 1. The van der Waals surface area contributed by atoms with Crippen molar-refractivity contribution >= 4 is 6.09 Å². The van der Waals surface area contributed by atoms with Crippen molar-refractivity contribution in [3.05, 3.63) is 0 Å². The van der Waals surface area contributed by atoms with Crippen LogP contribution < -0.4 is 10.6 Å². The SMILES string of the molecule is CC(NC1CCCCC1CNC(=O)OC(C)(C)C)C(F)F. The second-order valence-electron chi connectivity index (χ2n) is 6.82. The molecule has 4 nitrogen and oxygen atoms in total. The number of amides is 1. The number of ether oxygens (including phenoxy) is 1. The number of carbonyl (C=O) groups is 1. The monoisotopic (exact) mass is 306 g/mol. The van der Waals surface area contributed by atoms with E-state index in [-0.39, 0.29) is 12.0 Å². The van der Waals surface area contributed by atoms with Crippen molar-refractivity contribution in [1.82, 2.24) is 10.6 Å². The molecule has 0 aromatic heterocycles. The van der Waals surface area contributed by atoms with E-state index in [4.69, 9.17) is 4.74 Å². The third-order valence-corrected chi connectivity index (χ3v) is 3.67. The van der Waals surface area contributed by atoms with E-state index in [0.29, 0.717) is 6.54 Å². The summed E-state index contributed by atoms with van der Waals surface area (Å²) >= 11 is 0. The first-order chi connectivity index (χ1) is 9.69. The maximum atomic E-state index is 12.7. The molecule has 1 aliphatic carbocycles. The Kier molecular flexibility index (Phi) is 6.84. The standard InChI is InChI=1S/C15H28F2N2O2/c1-10(13(16)17)19-12-8-6-5-7-11(12)9-18-14(20)21-15(2,3)4/h10-13,19H,5-9H2,1-4H3,(H,18,20). The van der Waals surface area contributed by atoms with Gasteiger partial charge in [0, 0.05) is 12.6 Å². The maximum Gasteiger partial charge on any atom is 0.407 e. The van der Waals surface area contributed by atoms with Crippen LogP contribution in [-0.2, 0) is 4.74 Å². The Bertz CT molecular complexity index is 332. The molecule has 0 aliphatic heterocycles. The summed E-state index contributed by atoms with van der Waals surface area (Å²) in [5.74, 6) is 0.174. The lowest BCUT2D eigenvalue weighted by Gasteiger charge is -2.34. The van der Waals surface area contributed by atoms with Crippen LogP contribution in [0.2, 0.25) is 0 Å². The number of hydrogen-bond donors (Lipinski definition) is 2. The fraction of sp³-hybridized carbons (Fsp3) is 0.933. The zero-order chi connectivity index (χ0) is 16.0. The van der Waals surface area contributed by atoms with Crippen molar-refractivity contribution in [2.24, 2.45) is 5.92 Å². The summed E-state index contributed by atoms with van der Waals surface area (Å²) in [6.07, 6.45) is 1.10. The Hall–Kier alpha value is -0.910. The molecule has 1 aliphatic rings. The minimum absolute atomic E-state index is 0.0256. The Morgan fingerprint density at radius 3 is 2.48 bits per heavy atom. The van der Waals surface area contributed by atoms with E-state index in [1.165, 1.54) is 6.92 Å². The van der Waals surface area contributed by atoms with Gasteiger partial charge in [0.1, 0.15) is 5.60 Å². The number of nitrogens with one attached hydrogen (secondary N) is 2. The maximum absolute atomic E-state index is 12.7. The van der Waals surface area contributed by atoms with E-state index < -0.39 is 24.2 Å². The Morgan fingerprint density at radius 2 is 1.90 bits per heavy atom. The molecule has 1 fully saturated rings. The van der Waals surface area contributed by atoms with E-state index in [1.807, 2.05) is 20.8 Å². The molecule has 0 bridgehead atoms. The zero-order valence-electron chi connectivity index (χ0n) is 13.4. The highest BCUT2D eigenvalue weighted by molar-refractivity contribution is 5.67. The van der Waals surface area contributed by atoms with Crippen LogP contribution in [0.4, 0.5) is 13.6 Å². The number of rotatable bonds is 5. The summed E-state index contributed by atoms with van der Waals surface area (Å²) in [7, 11) is 0. The quantitative estimate of drug-likeness (QED) is 0.819. The van der Waals surface area contributed by atoms with Crippen molar-refractivity contribution in [3.8, 4) is 0 Å². The van der Waals surface area contributed by atoms with Gasteiger partial charge in [0.25, 0.3) is 6.43 Å². The Morgan fingerprint density at radius 1 is 1.29 bits per heavy atom. The third-order valence-electron chi connectivity index (χ3n) is 3.67. The lowest BCUT2D eigenvalue weighted by atomic mass is 9.84. The molecule has 2 N–H and O–H groups in total. The van der Waals surface area contributed by atoms with Gasteiger partial charge < -0.3 is 15.4 Å². The number of halogens is 2. The van der Waals surface area contributed by atoms with Crippen molar-refractivity contribution < 1.29 is 18.3 Å². The minimum Gasteiger partial charge on any atom is -0.444 e. The summed E-state index contributed by atoms with van der Waals surface area (Å²) in [6.45, 7) is 7.38. The lowest BCUT2D eigenvalue weighted by Crippen LogP contribution is -2.49. The molecule has 0 heterocycles. The average Bonchev–Trinajstić information content (AvgIpc) is 2.35. The minimum atomic E-state index is -2.37. The average molecular weight is 306 g/mol. The summed E-state index contributed by atoms with van der Waals surface area (Å²) in [4.78, 5) is 11.7. The first-order valence-corrected chi connectivity index (χ1v) is 7.70. The van der Waals surface area contributed by atoms with Gasteiger partial charge in [-0.25, -0.2) is 13.6 Å². The lowest BCUT2D eigenvalue weighted by molar-refractivity contribution is 0.0500. The fourth-order valence-electron chi connectivity index (χ4n) is 2.61. The van der Waals surface area contributed by atoms with E-state index in [9.17, 15) is 13.6 Å². The number of alkyl halides is 2. The highest BCUT2D eigenvalue weighted by Gasteiger charge is 2.29. The molecule has 0 radical (unpaired) electrons. The van der Waals surface area contributed by atoms with Crippen LogP contribution in [0.3, 0.4) is 0 Å². The predicted octanol–water partition coefficient (Wildman–Crippen LogP) is 3.31. The van der Waals surface area contributed by atoms with Crippen LogP contribution >= 0.6 is 0 Å². The van der Waals surface area contributed by atoms with Gasteiger partial charge in [-0.3, -0.25) is 0 Å². The van der Waals surface area contributed by atoms with Gasteiger partial charge in [0.2, 0.25) is 0 Å². The van der Waals surface area contributed by atoms with Crippen LogP contribution in [0.5, 0.6) is 0 Å². The molecule has 1 saturated carbocycles. The van der Waals surface area contributed by atoms with Gasteiger partial charge in [0.15, 0.2) is 0 Å². The summed E-state index contributed by atoms with van der Waals surface area (Å²) < 4.78 is 30.5. The van der Waals surface area contributed by atoms with Crippen molar-refractivity contribution in [2.75, 3.05) is 6.54 Å². The fourth-order valence-corrected chi connectivity index (χ4v) is 2.61. The smallest absolute Gasteiger partial charge is 0.407 e. The zero-order valence-corrected chi connectivity index (χ0v) is 13.4. The molecular formula is C15H28F2N2O2. The molecule has 3 unspecified atom stereocenters. The van der Waals surface area contributed by atoms with Gasteiger partial charge in [-0.1, -0.05) is 12.8 Å². The predicted molar refractivity (Wildman–Crippen MR) is 78.6 cm³/mol. The van der Waals surface area contributed by atoms with Gasteiger partial charge in [-0.15, -0.1) is 0 Å². The van der Waals surface area contributed by atoms with Gasteiger partial charge >= 0.3 is 6.09 Å². The Balaban J connectivity index is 2.44. The van der Waals surface area contributed by atoms with Crippen LogP contribution in [0.1, 0.15) is 53.4 Å². The molecule has 0 aromatic carbocycles. The summed E-state index contributed by atoms with van der Waals surface area (Å²) in [6, 6.07) is -0.796. The van der Waals surface area contributed by atoms with Crippen molar-refractivity contribution in [1.29, 1.82) is 0 Å². The van der Waals surface area contributed by atoms with E-state index in [1.54, 1.807) is 0 Å². The molecule has 3 atom stereocenters. The molecule has 1 rings (SSSR count). The first-order valence-electron chi connectivity index (χ1n) is 7.70. The normalized spacial score (nSPS) is 24.7. The molecule has 124 valence electrons.